The number of nitrogens with one attached hydrogen (secondary N) is 2. The molecule has 0 amide bonds. The van der Waals surface area contributed by atoms with Gasteiger partial charge in [-0.05, 0) is 0 Å². The minimum Gasteiger partial charge on any atom is -0.363 e. The predicted octanol–water partition coefficient (Wildman–Crippen LogP) is 2.12. The van der Waals surface area contributed by atoms with Crippen LogP contribution >= 0.6 is 0 Å². The van der Waals surface area contributed by atoms with Crippen molar-refractivity contribution >= 4 is 0 Å². The molecule has 0 aliphatic carbocycles. The van der Waals surface area contributed by atoms with Gasteiger partial charge in [-0.3, -0.25) is 0 Å². The molecule has 8 heteroatoms. The minimum absolute atomic E-state index is 0.295. The SMILES string of the molecule is OC(O)c1cnc(-c2ccccc2)[nH]1.OC(O)c1cnc(-c2ccccc2)[nH]1. The highest BCUT2D eigenvalue weighted by atomic mass is 16.5. The maximum atomic E-state index is 8.87. The van der Waals surface area contributed by atoms with Crippen LogP contribution in [0.3, 0.4) is 0 Å². The van der Waals surface area contributed by atoms with Crippen molar-refractivity contribution in [1.82, 2.24) is 19.9 Å². The lowest BCUT2D eigenvalue weighted by atomic mass is 10.2. The van der Waals surface area contributed by atoms with Gasteiger partial charge in [-0.25, -0.2) is 9.97 Å². The number of hydrogen-bond donors (Lipinski definition) is 6. The highest BCUT2D eigenvalue weighted by Gasteiger charge is 2.08. The molecule has 0 radical (unpaired) electrons. The summed E-state index contributed by atoms with van der Waals surface area (Å²) in [6.07, 6.45) is -0.181. The van der Waals surface area contributed by atoms with E-state index in [1.54, 1.807) is 0 Å². The zero-order chi connectivity index (χ0) is 19.9. The molecule has 0 unspecified atom stereocenters. The van der Waals surface area contributed by atoms with E-state index in [-0.39, 0.29) is 0 Å². The van der Waals surface area contributed by atoms with E-state index in [9.17, 15) is 0 Å². The molecule has 0 saturated carbocycles. The minimum atomic E-state index is -1.50. The van der Waals surface area contributed by atoms with Crippen molar-refractivity contribution in [3.63, 3.8) is 0 Å². The van der Waals surface area contributed by atoms with E-state index in [1.807, 2.05) is 60.7 Å². The lowest BCUT2D eigenvalue weighted by molar-refractivity contribution is -0.0460. The zero-order valence-corrected chi connectivity index (χ0v) is 14.8. The lowest BCUT2D eigenvalue weighted by Gasteiger charge is -1.97. The van der Waals surface area contributed by atoms with Crippen molar-refractivity contribution in [3.8, 4) is 22.8 Å². The molecular formula is C20H20N4O4. The summed E-state index contributed by atoms with van der Waals surface area (Å²) >= 11 is 0. The number of benzene rings is 2. The Morgan fingerprint density at radius 1 is 0.571 bits per heavy atom. The van der Waals surface area contributed by atoms with Crippen LogP contribution in [0.4, 0.5) is 0 Å². The average Bonchev–Trinajstić information content (AvgIpc) is 3.40. The Morgan fingerprint density at radius 3 is 1.21 bits per heavy atom. The summed E-state index contributed by atoms with van der Waals surface area (Å²) in [7, 11) is 0. The maximum Gasteiger partial charge on any atom is 0.195 e. The fraction of sp³-hybridized carbons (Fsp3) is 0.100. The number of aromatic nitrogens is 4. The van der Waals surface area contributed by atoms with Crippen LogP contribution in [0.15, 0.2) is 73.1 Å². The molecule has 0 bridgehead atoms. The number of rotatable bonds is 4. The second-order valence-electron chi connectivity index (χ2n) is 5.85. The Balaban J connectivity index is 0.000000161. The summed E-state index contributed by atoms with van der Waals surface area (Å²) in [5.74, 6) is 1.27. The van der Waals surface area contributed by atoms with Crippen molar-refractivity contribution in [2.24, 2.45) is 0 Å². The van der Waals surface area contributed by atoms with E-state index in [2.05, 4.69) is 19.9 Å². The topological polar surface area (TPSA) is 138 Å². The van der Waals surface area contributed by atoms with Gasteiger partial charge >= 0.3 is 0 Å². The molecule has 0 fully saturated rings. The number of imidazole rings is 2. The highest BCUT2D eigenvalue weighted by Crippen LogP contribution is 2.17. The average molecular weight is 380 g/mol. The van der Waals surface area contributed by atoms with Gasteiger partial charge in [0.1, 0.15) is 11.6 Å². The Kier molecular flexibility index (Phi) is 6.30. The highest BCUT2D eigenvalue weighted by molar-refractivity contribution is 5.55. The fourth-order valence-electron chi connectivity index (χ4n) is 2.42. The van der Waals surface area contributed by atoms with Crippen LogP contribution in [0.1, 0.15) is 24.0 Å². The molecule has 8 nitrogen and oxygen atoms in total. The summed E-state index contributed by atoms with van der Waals surface area (Å²) in [4.78, 5) is 13.7. The van der Waals surface area contributed by atoms with Gasteiger partial charge in [-0.2, -0.15) is 0 Å². The van der Waals surface area contributed by atoms with E-state index in [0.717, 1.165) is 11.1 Å². The lowest BCUT2D eigenvalue weighted by Crippen LogP contribution is -1.94. The first-order valence-electron chi connectivity index (χ1n) is 8.47. The third kappa shape index (κ3) is 4.90. The van der Waals surface area contributed by atoms with Crippen LogP contribution in [-0.4, -0.2) is 40.4 Å². The first-order valence-corrected chi connectivity index (χ1v) is 8.47. The van der Waals surface area contributed by atoms with Crippen LogP contribution < -0.4 is 0 Å². The maximum absolute atomic E-state index is 8.87. The van der Waals surface area contributed by atoms with Gasteiger partial charge in [0.05, 0.1) is 23.8 Å². The van der Waals surface area contributed by atoms with Gasteiger partial charge in [0.15, 0.2) is 12.6 Å². The smallest absolute Gasteiger partial charge is 0.195 e. The van der Waals surface area contributed by atoms with Crippen LogP contribution in [-0.2, 0) is 0 Å². The van der Waals surface area contributed by atoms with Crippen LogP contribution in [0, 0.1) is 0 Å². The molecule has 2 heterocycles. The normalized spacial score (nSPS) is 10.8. The second-order valence-corrected chi connectivity index (χ2v) is 5.85. The van der Waals surface area contributed by atoms with E-state index in [4.69, 9.17) is 20.4 Å². The number of aliphatic hydroxyl groups is 4. The summed E-state index contributed by atoms with van der Waals surface area (Å²) in [5.41, 5.74) is 2.42. The third-order valence-corrected chi connectivity index (χ3v) is 3.84. The van der Waals surface area contributed by atoms with Gasteiger partial charge in [0.25, 0.3) is 0 Å². The van der Waals surface area contributed by atoms with Gasteiger partial charge in [0.2, 0.25) is 0 Å². The van der Waals surface area contributed by atoms with Gasteiger partial charge in [-0.1, -0.05) is 60.7 Å². The Hall–Kier alpha value is -3.30. The van der Waals surface area contributed by atoms with Crippen molar-refractivity contribution in [2.45, 2.75) is 12.6 Å². The molecule has 0 spiro atoms. The summed E-state index contributed by atoms with van der Waals surface area (Å²) in [6, 6.07) is 19.0. The molecule has 2 aromatic heterocycles. The summed E-state index contributed by atoms with van der Waals surface area (Å²) in [6.45, 7) is 0. The van der Waals surface area contributed by atoms with E-state index in [1.165, 1.54) is 12.4 Å². The number of nitrogens with zero attached hydrogens (tertiary/aromatic N) is 2. The van der Waals surface area contributed by atoms with Crippen LogP contribution in [0.2, 0.25) is 0 Å². The first kappa shape index (κ1) is 19.5. The molecular weight excluding hydrogens is 360 g/mol. The standard InChI is InChI=1S/2C10H10N2O2/c2*13-10(14)8-6-11-9(12-8)7-4-2-1-3-5-7/h2*1-6,10,13-14H,(H,11,12). The fourth-order valence-corrected chi connectivity index (χ4v) is 2.42. The summed E-state index contributed by atoms with van der Waals surface area (Å²) < 4.78 is 0. The Labute approximate surface area is 160 Å². The zero-order valence-electron chi connectivity index (χ0n) is 14.8. The number of aromatic amines is 2. The molecule has 4 rings (SSSR count). The Bertz CT molecular complexity index is 900. The second kappa shape index (κ2) is 9.07. The third-order valence-electron chi connectivity index (χ3n) is 3.84. The van der Waals surface area contributed by atoms with Crippen LogP contribution in [0.5, 0.6) is 0 Å². The van der Waals surface area contributed by atoms with Gasteiger partial charge in [-0.15, -0.1) is 0 Å². The first-order chi connectivity index (χ1) is 13.5. The molecule has 6 N–H and O–H groups in total. The monoisotopic (exact) mass is 380 g/mol. The van der Waals surface area contributed by atoms with Crippen molar-refractivity contribution in [1.29, 1.82) is 0 Å². The number of hydrogen-bond acceptors (Lipinski definition) is 6. The molecule has 28 heavy (non-hydrogen) atoms. The number of aliphatic hydroxyl groups excluding tert-OH is 2. The van der Waals surface area contributed by atoms with Crippen LogP contribution in [0.25, 0.3) is 22.8 Å². The van der Waals surface area contributed by atoms with Gasteiger partial charge < -0.3 is 30.4 Å². The quantitative estimate of drug-likeness (QED) is 0.300. The van der Waals surface area contributed by atoms with E-state index < -0.39 is 12.6 Å². The number of H-pyrrole nitrogens is 2. The van der Waals surface area contributed by atoms with E-state index >= 15 is 0 Å². The molecule has 4 aromatic rings. The van der Waals surface area contributed by atoms with E-state index in [0.29, 0.717) is 23.0 Å². The molecule has 0 aliphatic heterocycles. The largest absolute Gasteiger partial charge is 0.363 e. The van der Waals surface area contributed by atoms with Crippen molar-refractivity contribution in [2.75, 3.05) is 0 Å². The Morgan fingerprint density at radius 2 is 0.929 bits per heavy atom. The molecule has 0 aliphatic rings. The molecule has 144 valence electrons. The summed E-state index contributed by atoms with van der Waals surface area (Å²) in [5, 5.41) is 35.5. The molecule has 2 aromatic carbocycles. The van der Waals surface area contributed by atoms with Crippen molar-refractivity contribution < 1.29 is 20.4 Å². The van der Waals surface area contributed by atoms with Gasteiger partial charge in [0, 0.05) is 11.1 Å². The van der Waals surface area contributed by atoms with Crippen molar-refractivity contribution in [3.05, 3.63) is 84.4 Å². The molecule has 0 saturated heterocycles. The predicted molar refractivity (Wildman–Crippen MR) is 102 cm³/mol. The molecule has 0 atom stereocenters.